The van der Waals surface area contributed by atoms with Gasteiger partial charge in [-0.3, -0.25) is 14.5 Å². The van der Waals surface area contributed by atoms with E-state index in [0.717, 1.165) is 18.1 Å². The number of benzene rings is 1. The fourth-order valence-corrected chi connectivity index (χ4v) is 2.79. The molecule has 2 N–H and O–H groups in total. The zero-order chi connectivity index (χ0) is 20.4. The number of carbonyl (C=O) groups excluding carboxylic acids is 4. The Labute approximate surface area is 153 Å². The number of urea groups is 1. The molecule has 0 radical (unpaired) electrons. The third-order valence-electron chi connectivity index (χ3n) is 4.49. The third-order valence-corrected chi connectivity index (χ3v) is 4.49. The Morgan fingerprint density at radius 1 is 1.19 bits per heavy atom. The SMILES string of the molecule is CCC1(CC)NC(=O)N(CC(=O)Nc2cc(C(=O)OC)c(F)cc2F)C1=O. The topological polar surface area (TPSA) is 105 Å². The van der Waals surface area contributed by atoms with Gasteiger partial charge in [0.1, 0.15) is 23.7 Å². The maximum Gasteiger partial charge on any atom is 0.340 e. The van der Waals surface area contributed by atoms with Gasteiger partial charge in [-0.25, -0.2) is 18.4 Å². The van der Waals surface area contributed by atoms with Gasteiger partial charge in [-0.15, -0.1) is 0 Å². The number of anilines is 1. The fraction of sp³-hybridized carbons (Fsp3) is 0.412. The first-order chi connectivity index (χ1) is 12.7. The highest BCUT2D eigenvalue weighted by Gasteiger charge is 2.49. The van der Waals surface area contributed by atoms with Gasteiger partial charge in [0.05, 0.1) is 18.4 Å². The number of amides is 4. The van der Waals surface area contributed by atoms with Gasteiger partial charge in [-0.1, -0.05) is 13.8 Å². The van der Waals surface area contributed by atoms with E-state index in [9.17, 15) is 28.0 Å². The lowest BCUT2D eigenvalue weighted by molar-refractivity contribution is -0.134. The van der Waals surface area contributed by atoms with Crippen molar-refractivity contribution in [2.75, 3.05) is 19.0 Å². The Morgan fingerprint density at radius 3 is 2.33 bits per heavy atom. The van der Waals surface area contributed by atoms with Crippen LogP contribution in [0, 0.1) is 11.6 Å². The number of rotatable bonds is 6. The average Bonchev–Trinajstić information content (AvgIpc) is 2.88. The summed E-state index contributed by atoms with van der Waals surface area (Å²) in [6.45, 7) is 2.80. The van der Waals surface area contributed by atoms with Gasteiger partial charge in [0.15, 0.2) is 0 Å². The molecule has 1 aliphatic rings. The number of nitrogens with zero attached hydrogens (tertiary/aromatic N) is 1. The molecule has 8 nitrogen and oxygen atoms in total. The van der Waals surface area contributed by atoms with Crippen molar-refractivity contribution in [3.05, 3.63) is 29.3 Å². The predicted octanol–water partition coefficient (Wildman–Crippen LogP) is 1.80. The Balaban J connectivity index is 2.18. The molecule has 0 spiro atoms. The first-order valence-electron chi connectivity index (χ1n) is 8.20. The predicted molar refractivity (Wildman–Crippen MR) is 89.9 cm³/mol. The summed E-state index contributed by atoms with van der Waals surface area (Å²) in [5, 5.41) is 4.68. The van der Waals surface area contributed by atoms with Crippen LogP contribution >= 0.6 is 0 Å². The molecule has 27 heavy (non-hydrogen) atoms. The van der Waals surface area contributed by atoms with Gasteiger partial charge in [0.2, 0.25) is 5.91 Å². The Hall–Kier alpha value is -3.04. The van der Waals surface area contributed by atoms with Crippen molar-refractivity contribution in [3.63, 3.8) is 0 Å². The molecular formula is C17H19F2N3O5. The van der Waals surface area contributed by atoms with Gasteiger partial charge >= 0.3 is 12.0 Å². The normalized spacial score (nSPS) is 15.5. The molecule has 0 unspecified atom stereocenters. The summed E-state index contributed by atoms with van der Waals surface area (Å²) in [4.78, 5) is 48.9. The molecule has 1 saturated heterocycles. The van der Waals surface area contributed by atoms with Crippen LogP contribution in [0.2, 0.25) is 0 Å². The molecule has 0 bridgehead atoms. The number of hydrogen-bond acceptors (Lipinski definition) is 5. The van der Waals surface area contributed by atoms with E-state index in [1.165, 1.54) is 0 Å². The van der Waals surface area contributed by atoms with Crippen LogP contribution in [-0.4, -0.2) is 47.9 Å². The summed E-state index contributed by atoms with van der Waals surface area (Å²) in [6.07, 6.45) is 0.697. The van der Waals surface area contributed by atoms with Gasteiger partial charge in [0.25, 0.3) is 5.91 Å². The minimum absolute atomic E-state index is 0.348. The Kier molecular flexibility index (Phi) is 5.77. The zero-order valence-electron chi connectivity index (χ0n) is 15.0. The summed E-state index contributed by atoms with van der Waals surface area (Å²) >= 11 is 0. The molecule has 0 aliphatic carbocycles. The smallest absolute Gasteiger partial charge is 0.340 e. The van der Waals surface area contributed by atoms with Crippen molar-refractivity contribution in [1.82, 2.24) is 10.2 Å². The van der Waals surface area contributed by atoms with Crippen LogP contribution in [0.3, 0.4) is 0 Å². The number of methoxy groups -OCH3 is 1. The van der Waals surface area contributed by atoms with Crippen molar-refractivity contribution >= 4 is 29.5 Å². The van der Waals surface area contributed by atoms with Gasteiger partial charge in [0, 0.05) is 6.07 Å². The second-order valence-corrected chi connectivity index (χ2v) is 5.96. The minimum Gasteiger partial charge on any atom is -0.465 e. The quantitative estimate of drug-likeness (QED) is 0.576. The van der Waals surface area contributed by atoms with E-state index in [-0.39, 0.29) is 0 Å². The maximum atomic E-state index is 13.9. The Morgan fingerprint density at radius 2 is 1.81 bits per heavy atom. The molecule has 10 heteroatoms. The number of ether oxygens (including phenoxy) is 1. The number of halogens is 2. The minimum atomic E-state index is -1.15. The number of hydrogen-bond donors (Lipinski definition) is 2. The summed E-state index contributed by atoms with van der Waals surface area (Å²) < 4.78 is 31.9. The molecule has 0 saturated carbocycles. The van der Waals surface area contributed by atoms with Gasteiger partial charge in [-0.05, 0) is 18.9 Å². The van der Waals surface area contributed by atoms with Crippen molar-refractivity contribution in [2.45, 2.75) is 32.2 Å². The van der Waals surface area contributed by atoms with E-state index in [1.807, 2.05) is 0 Å². The van der Waals surface area contributed by atoms with Crippen LogP contribution in [0.25, 0.3) is 0 Å². The summed E-state index contributed by atoms with van der Waals surface area (Å²) in [5.41, 5.74) is -2.12. The molecule has 0 atom stereocenters. The summed E-state index contributed by atoms with van der Waals surface area (Å²) in [7, 11) is 1.02. The van der Waals surface area contributed by atoms with Crippen LogP contribution in [0.15, 0.2) is 12.1 Å². The summed E-state index contributed by atoms with van der Waals surface area (Å²) in [6, 6.07) is 0.478. The van der Waals surface area contributed by atoms with Crippen molar-refractivity contribution in [2.24, 2.45) is 0 Å². The average molecular weight is 383 g/mol. The molecule has 0 aromatic heterocycles. The number of carbonyl (C=O) groups is 4. The number of imide groups is 1. The molecule has 1 heterocycles. The highest BCUT2D eigenvalue weighted by Crippen LogP contribution is 2.25. The molecule has 1 aliphatic heterocycles. The van der Waals surface area contributed by atoms with E-state index >= 15 is 0 Å². The molecular weight excluding hydrogens is 364 g/mol. The van der Waals surface area contributed by atoms with Crippen molar-refractivity contribution < 1.29 is 32.7 Å². The standard InChI is InChI=1S/C17H19F2N3O5/c1-4-17(5-2)15(25)22(16(26)21-17)8-13(23)20-12-6-9(14(24)27-3)10(18)7-11(12)19/h6-7H,4-5,8H2,1-3H3,(H,20,23)(H,21,26). The second-order valence-electron chi connectivity index (χ2n) is 5.96. The van der Waals surface area contributed by atoms with Gasteiger partial charge < -0.3 is 15.4 Å². The molecule has 4 amide bonds. The van der Waals surface area contributed by atoms with Gasteiger partial charge in [-0.2, -0.15) is 0 Å². The zero-order valence-corrected chi connectivity index (χ0v) is 15.0. The van der Waals surface area contributed by atoms with E-state index in [2.05, 4.69) is 15.4 Å². The highest BCUT2D eigenvalue weighted by atomic mass is 19.1. The summed E-state index contributed by atoms with van der Waals surface area (Å²) in [5.74, 6) is -4.76. The molecule has 1 fully saturated rings. The van der Waals surface area contributed by atoms with Crippen LogP contribution in [0.1, 0.15) is 37.0 Å². The molecule has 1 aromatic rings. The van der Waals surface area contributed by atoms with E-state index in [0.29, 0.717) is 18.9 Å². The second kappa shape index (κ2) is 7.68. The number of nitrogens with one attached hydrogen (secondary N) is 2. The molecule has 146 valence electrons. The first-order valence-corrected chi connectivity index (χ1v) is 8.20. The lowest BCUT2D eigenvalue weighted by Gasteiger charge is -2.23. The lowest BCUT2D eigenvalue weighted by Crippen LogP contribution is -2.46. The first kappa shape index (κ1) is 20.3. The van der Waals surface area contributed by atoms with Crippen LogP contribution in [-0.2, 0) is 14.3 Å². The third kappa shape index (κ3) is 3.74. The molecule has 2 rings (SSSR count). The van der Waals surface area contributed by atoms with Crippen LogP contribution in [0.4, 0.5) is 19.3 Å². The largest absolute Gasteiger partial charge is 0.465 e. The Bertz CT molecular complexity index is 808. The van der Waals surface area contributed by atoms with E-state index < -0.39 is 58.8 Å². The number of esters is 1. The molecule has 1 aromatic carbocycles. The lowest BCUT2D eigenvalue weighted by atomic mass is 9.93. The van der Waals surface area contributed by atoms with Crippen molar-refractivity contribution in [3.8, 4) is 0 Å². The van der Waals surface area contributed by atoms with E-state index in [4.69, 9.17) is 0 Å². The maximum absolute atomic E-state index is 13.9. The van der Waals surface area contributed by atoms with Crippen LogP contribution < -0.4 is 10.6 Å². The monoisotopic (exact) mass is 383 g/mol. The highest BCUT2D eigenvalue weighted by molar-refractivity contribution is 6.10. The fourth-order valence-electron chi connectivity index (χ4n) is 2.79. The van der Waals surface area contributed by atoms with Crippen LogP contribution in [0.5, 0.6) is 0 Å². The van der Waals surface area contributed by atoms with E-state index in [1.54, 1.807) is 13.8 Å². The van der Waals surface area contributed by atoms with Crippen molar-refractivity contribution in [1.29, 1.82) is 0 Å².